The Kier molecular flexibility index (Phi) is 8.55. The minimum absolute atomic E-state index is 0.0156. The number of ether oxygens (including phenoxy) is 2. The number of nitrogens with two attached hydrogens (primary N) is 1. The Labute approximate surface area is 229 Å². The molecule has 0 radical (unpaired) electrons. The quantitative estimate of drug-likeness (QED) is 0.231. The van der Waals surface area contributed by atoms with E-state index in [0.717, 1.165) is 0 Å². The zero-order valence-corrected chi connectivity index (χ0v) is 23.4. The summed E-state index contributed by atoms with van der Waals surface area (Å²) < 4.78 is 53.7. The summed E-state index contributed by atoms with van der Waals surface area (Å²) >= 11 is 6.19. The number of hydrogen-bond donors (Lipinski definition) is 3. The second kappa shape index (κ2) is 11.4. The van der Waals surface area contributed by atoms with E-state index in [1.165, 1.54) is 43.7 Å². The predicted molar refractivity (Wildman–Crippen MR) is 143 cm³/mol. The minimum atomic E-state index is -4.39. The van der Waals surface area contributed by atoms with Crippen LogP contribution in [-0.2, 0) is 23.4 Å². The SMILES string of the molecule is CCOC(=O)[C@H](C)NP(=O)(Oc1ccccc1Cl)OC(C)[C@H]1O[C@@H](n2ccc3c(N)ccnc32)[C@](C)(F)[C@@H]1O. The molecule has 4 rings (SSSR count). The smallest absolute Gasteiger partial charge is 0.459 e. The zero-order valence-electron chi connectivity index (χ0n) is 21.8. The van der Waals surface area contributed by atoms with Crippen LogP contribution in [0, 0.1) is 0 Å². The first-order chi connectivity index (χ1) is 18.4. The minimum Gasteiger partial charge on any atom is -0.465 e. The van der Waals surface area contributed by atoms with Gasteiger partial charge < -0.3 is 29.4 Å². The third kappa shape index (κ3) is 5.91. The topological polar surface area (TPSA) is 147 Å². The van der Waals surface area contributed by atoms with Crippen molar-refractivity contribution in [2.75, 3.05) is 12.3 Å². The normalized spacial score (nSPS) is 26.2. The van der Waals surface area contributed by atoms with Crippen molar-refractivity contribution in [3.8, 4) is 5.75 Å². The molecule has 14 heteroatoms. The summed E-state index contributed by atoms with van der Waals surface area (Å²) in [5.41, 5.74) is 4.52. The number of para-hydroxylation sites is 1. The van der Waals surface area contributed by atoms with E-state index in [1.54, 1.807) is 37.4 Å². The van der Waals surface area contributed by atoms with Crippen LogP contribution >= 0.6 is 19.3 Å². The van der Waals surface area contributed by atoms with E-state index >= 15 is 4.39 Å². The van der Waals surface area contributed by atoms with Crippen LogP contribution < -0.4 is 15.3 Å². The number of aliphatic hydroxyl groups is 1. The maximum absolute atomic E-state index is 16.0. The van der Waals surface area contributed by atoms with Crippen molar-refractivity contribution in [3.05, 3.63) is 53.8 Å². The highest BCUT2D eigenvalue weighted by Gasteiger charge is 2.57. The second-order valence-corrected chi connectivity index (χ2v) is 11.4. The largest absolute Gasteiger partial charge is 0.465 e. The predicted octanol–water partition coefficient (Wildman–Crippen LogP) is 4.39. The Balaban J connectivity index is 1.61. The Morgan fingerprint density at radius 2 is 2.08 bits per heavy atom. The lowest BCUT2D eigenvalue weighted by atomic mass is 9.96. The standard InChI is InChI=1S/C25H31ClFN4O7P/c1-5-35-23(33)14(2)30-39(34,38-19-9-7-6-8-17(19)26)37-15(3)20-21(32)25(4,27)24(36-20)31-13-11-16-18(28)10-12-29-22(16)31/h6-15,20-21,24,32H,5H2,1-4H3,(H2,28,29)(H,30,34)/t14-,15?,20+,21+,24+,25+,39?/m0/s1. The first-order valence-corrected chi connectivity index (χ1v) is 14.2. The molecule has 1 aliphatic heterocycles. The average Bonchev–Trinajstić information content (AvgIpc) is 3.39. The van der Waals surface area contributed by atoms with Crippen molar-refractivity contribution in [1.82, 2.24) is 14.6 Å². The van der Waals surface area contributed by atoms with Gasteiger partial charge >= 0.3 is 13.7 Å². The summed E-state index contributed by atoms with van der Waals surface area (Å²) in [6.45, 7) is 5.78. The molecule has 3 aromatic rings. The van der Waals surface area contributed by atoms with Crippen molar-refractivity contribution in [1.29, 1.82) is 0 Å². The molecule has 0 bridgehead atoms. The molecule has 11 nitrogen and oxygen atoms in total. The summed E-state index contributed by atoms with van der Waals surface area (Å²) in [6.07, 6.45) is -2.47. The number of hydrogen-bond acceptors (Lipinski definition) is 9. The lowest BCUT2D eigenvalue weighted by Gasteiger charge is -2.29. The molecule has 0 aliphatic carbocycles. The highest BCUT2D eigenvalue weighted by atomic mass is 35.5. The Hall–Kier alpha value is -2.73. The van der Waals surface area contributed by atoms with Gasteiger partial charge in [-0.25, -0.2) is 13.9 Å². The van der Waals surface area contributed by atoms with Crippen LogP contribution in [0.25, 0.3) is 11.0 Å². The molecule has 0 amide bonds. The highest BCUT2D eigenvalue weighted by molar-refractivity contribution is 7.52. The number of nitrogens with zero attached hydrogens (tertiary/aromatic N) is 2. The van der Waals surface area contributed by atoms with Gasteiger partial charge in [0.1, 0.15) is 29.6 Å². The molecule has 1 saturated heterocycles. The fourth-order valence-electron chi connectivity index (χ4n) is 4.36. The van der Waals surface area contributed by atoms with Gasteiger partial charge in [0.2, 0.25) is 0 Å². The summed E-state index contributed by atoms with van der Waals surface area (Å²) in [4.78, 5) is 16.5. The van der Waals surface area contributed by atoms with E-state index in [4.69, 9.17) is 35.9 Å². The Morgan fingerprint density at radius 1 is 1.36 bits per heavy atom. The highest BCUT2D eigenvalue weighted by Crippen LogP contribution is 2.51. The number of carbonyl (C=O) groups excluding carboxylic acids is 1. The molecule has 2 aromatic heterocycles. The molecule has 0 saturated carbocycles. The Morgan fingerprint density at radius 3 is 2.77 bits per heavy atom. The number of pyridine rings is 1. The van der Waals surface area contributed by atoms with Crippen LogP contribution in [0.2, 0.25) is 5.02 Å². The third-order valence-electron chi connectivity index (χ3n) is 6.38. The molecule has 39 heavy (non-hydrogen) atoms. The fraction of sp³-hybridized carbons (Fsp3) is 0.440. The molecule has 1 aromatic carbocycles. The molecule has 0 spiro atoms. The molecule has 1 aliphatic rings. The molecule has 1 fully saturated rings. The molecular formula is C25H31ClFN4O7P. The maximum Gasteiger partial charge on any atom is 0.459 e. The molecule has 4 N–H and O–H groups in total. The zero-order chi connectivity index (χ0) is 28.5. The van der Waals surface area contributed by atoms with Crippen molar-refractivity contribution in [3.63, 3.8) is 0 Å². The first kappa shape index (κ1) is 29.3. The lowest BCUT2D eigenvalue weighted by molar-refractivity contribution is -0.144. The van der Waals surface area contributed by atoms with E-state index < -0.39 is 50.0 Å². The number of carbonyl (C=O) groups is 1. The van der Waals surface area contributed by atoms with Gasteiger partial charge in [-0.2, -0.15) is 5.09 Å². The van der Waals surface area contributed by atoms with Crippen LogP contribution in [0.15, 0.2) is 48.8 Å². The van der Waals surface area contributed by atoms with Crippen LogP contribution in [0.4, 0.5) is 10.1 Å². The van der Waals surface area contributed by atoms with Gasteiger partial charge in [-0.1, -0.05) is 23.7 Å². The van der Waals surface area contributed by atoms with Crippen molar-refractivity contribution in [2.45, 2.75) is 63.9 Å². The summed E-state index contributed by atoms with van der Waals surface area (Å²) in [5.74, 6) is -0.682. The van der Waals surface area contributed by atoms with Crippen LogP contribution in [-0.4, -0.2) is 57.3 Å². The molecule has 7 atom stereocenters. The first-order valence-electron chi connectivity index (χ1n) is 12.3. The number of benzene rings is 1. The second-order valence-electron chi connectivity index (χ2n) is 9.34. The summed E-state index contributed by atoms with van der Waals surface area (Å²) in [5, 5.41) is 14.2. The number of anilines is 1. The number of esters is 1. The third-order valence-corrected chi connectivity index (χ3v) is 8.44. The molecule has 3 heterocycles. The number of rotatable bonds is 10. The van der Waals surface area contributed by atoms with Gasteiger partial charge in [0, 0.05) is 23.5 Å². The number of halogens is 2. The van der Waals surface area contributed by atoms with Crippen LogP contribution in [0.1, 0.15) is 33.9 Å². The summed E-state index contributed by atoms with van der Waals surface area (Å²) in [6, 6.07) is 8.41. The van der Waals surface area contributed by atoms with E-state index in [9.17, 15) is 14.5 Å². The summed E-state index contributed by atoms with van der Waals surface area (Å²) in [7, 11) is -4.39. The van der Waals surface area contributed by atoms with Gasteiger partial charge in [0.25, 0.3) is 0 Å². The molecule has 212 valence electrons. The van der Waals surface area contributed by atoms with Gasteiger partial charge in [-0.15, -0.1) is 0 Å². The van der Waals surface area contributed by atoms with Gasteiger partial charge in [-0.05, 0) is 52.0 Å². The van der Waals surface area contributed by atoms with Crippen LogP contribution in [0.5, 0.6) is 5.75 Å². The van der Waals surface area contributed by atoms with Crippen LogP contribution in [0.3, 0.4) is 0 Å². The van der Waals surface area contributed by atoms with Gasteiger partial charge in [-0.3, -0.25) is 9.32 Å². The molecule has 2 unspecified atom stereocenters. The lowest BCUT2D eigenvalue weighted by Crippen LogP contribution is -2.44. The monoisotopic (exact) mass is 584 g/mol. The number of alkyl halides is 1. The van der Waals surface area contributed by atoms with E-state index in [0.29, 0.717) is 16.7 Å². The van der Waals surface area contributed by atoms with Crippen molar-refractivity contribution in [2.24, 2.45) is 0 Å². The maximum atomic E-state index is 16.0. The van der Waals surface area contributed by atoms with E-state index in [1.807, 2.05) is 0 Å². The van der Waals surface area contributed by atoms with E-state index in [2.05, 4.69) is 10.1 Å². The van der Waals surface area contributed by atoms with Crippen molar-refractivity contribution >= 4 is 42.0 Å². The fourth-order valence-corrected chi connectivity index (χ4v) is 6.30. The van der Waals surface area contributed by atoms with Gasteiger partial charge in [0.15, 0.2) is 11.9 Å². The average molecular weight is 585 g/mol. The Bertz CT molecular complexity index is 1390. The van der Waals surface area contributed by atoms with E-state index in [-0.39, 0.29) is 17.4 Å². The number of aromatic nitrogens is 2. The number of nitrogen functional groups attached to an aromatic ring is 1. The molecular weight excluding hydrogens is 554 g/mol. The number of fused-ring (bicyclic) bond motifs is 1. The van der Waals surface area contributed by atoms with Crippen molar-refractivity contribution < 1.29 is 37.4 Å². The number of aliphatic hydroxyl groups excluding tert-OH is 1. The number of nitrogens with one attached hydrogen (secondary N) is 1. The van der Waals surface area contributed by atoms with Gasteiger partial charge in [0.05, 0.1) is 17.7 Å².